The van der Waals surface area contributed by atoms with Crippen molar-refractivity contribution in [2.75, 3.05) is 32.9 Å². The molecule has 1 N–H and O–H groups in total. The van der Waals surface area contributed by atoms with E-state index in [1.165, 1.54) is 0 Å². The lowest BCUT2D eigenvalue weighted by Crippen LogP contribution is -2.30. The minimum atomic E-state index is -4.34. The van der Waals surface area contributed by atoms with E-state index in [1.807, 2.05) is 0 Å². The van der Waals surface area contributed by atoms with Gasteiger partial charge in [-0.3, -0.25) is 4.79 Å². The minimum absolute atomic E-state index is 0.0259. The van der Waals surface area contributed by atoms with Crippen LogP contribution in [0.5, 0.6) is 0 Å². The quantitative estimate of drug-likeness (QED) is 0.737. The van der Waals surface area contributed by atoms with Gasteiger partial charge in [-0.2, -0.15) is 13.2 Å². The number of rotatable bonds is 6. The number of aliphatic hydroxyl groups is 1. The first-order valence-corrected chi connectivity index (χ1v) is 5.95. The van der Waals surface area contributed by atoms with Crippen molar-refractivity contribution in [3.05, 3.63) is 0 Å². The molecular formula is C11H18F3NO3. The van der Waals surface area contributed by atoms with Crippen molar-refractivity contribution < 1.29 is 27.8 Å². The van der Waals surface area contributed by atoms with Crippen LogP contribution in [0.1, 0.15) is 19.3 Å². The summed E-state index contributed by atoms with van der Waals surface area (Å²) in [7, 11) is 0. The first-order valence-electron chi connectivity index (χ1n) is 5.95. The summed E-state index contributed by atoms with van der Waals surface area (Å²) in [4.78, 5) is 13.2. The maximum atomic E-state index is 11.8. The number of amides is 1. The molecule has 0 aromatic rings. The van der Waals surface area contributed by atoms with E-state index in [1.54, 1.807) is 4.90 Å². The Kier molecular flexibility index (Phi) is 5.87. The molecule has 4 nitrogen and oxygen atoms in total. The van der Waals surface area contributed by atoms with Crippen molar-refractivity contribution in [3.63, 3.8) is 0 Å². The monoisotopic (exact) mass is 269 g/mol. The molecule has 0 aliphatic carbocycles. The van der Waals surface area contributed by atoms with Crippen molar-refractivity contribution in [2.45, 2.75) is 25.4 Å². The fourth-order valence-corrected chi connectivity index (χ4v) is 1.98. The molecule has 1 atom stereocenters. The van der Waals surface area contributed by atoms with Crippen LogP contribution in [0.25, 0.3) is 0 Å². The Morgan fingerprint density at radius 2 is 2.17 bits per heavy atom. The number of carbonyl (C=O) groups excluding carboxylic acids is 1. The molecule has 0 saturated carbocycles. The summed E-state index contributed by atoms with van der Waals surface area (Å²) in [6.07, 6.45) is -2.87. The van der Waals surface area contributed by atoms with Crippen molar-refractivity contribution in [1.82, 2.24) is 4.90 Å². The van der Waals surface area contributed by atoms with Crippen molar-refractivity contribution in [3.8, 4) is 0 Å². The predicted octanol–water partition coefficient (Wildman–Crippen LogP) is 1.19. The number of hydrogen-bond donors (Lipinski definition) is 1. The molecule has 1 fully saturated rings. The minimum Gasteiger partial charge on any atom is -0.396 e. The zero-order chi connectivity index (χ0) is 13.6. The van der Waals surface area contributed by atoms with Gasteiger partial charge in [0.05, 0.1) is 13.0 Å². The molecule has 1 heterocycles. The van der Waals surface area contributed by atoms with Crippen LogP contribution in [-0.2, 0) is 9.53 Å². The van der Waals surface area contributed by atoms with Gasteiger partial charge in [-0.1, -0.05) is 0 Å². The van der Waals surface area contributed by atoms with Gasteiger partial charge in [0.2, 0.25) is 5.91 Å². The molecule has 1 aliphatic rings. The van der Waals surface area contributed by atoms with E-state index in [9.17, 15) is 18.0 Å². The van der Waals surface area contributed by atoms with Gasteiger partial charge in [-0.25, -0.2) is 0 Å². The Bertz CT molecular complexity index is 271. The summed E-state index contributed by atoms with van der Waals surface area (Å²) in [5.74, 6) is 0.118. The third-order valence-corrected chi connectivity index (χ3v) is 2.90. The predicted molar refractivity (Wildman–Crippen MR) is 57.9 cm³/mol. The van der Waals surface area contributed by atoms with Crippen LogP contribution in [0.15, 0.2) is 0 Å². The zero-order valence-electron chi connectivity index (χ0n) is 10.1. The van der Waals surface area contributed by atoms with Crippen LogP contribution in [0.3, 0.4) is 0 Å². The van der Waals surface area contributed by atoms with Crippen LogP contribution < -0.4 is 0 Å². The van der Waals surface area contributed by atoms with Gasteiger partial charge >= 0.3 is 6.18 Å². The van der Waals surface area contributed by atoms with Crippen molar-refractivity contribution >= 4 is 5.91 Å². The molecule has 1 aliphatic heterocycles. The highest BCUT2D eigenvalue weighted by Gasteiger charge is 2.28. The van der Waals surface area contributed by atoms with E-state index < -0.39 is 12.8 Å². The summed E-state index contributed by atoms with van der Waals surface area (Å²) in [6, 6.07) is 0. The number of likely N-dealkylation sites (tertiary alicyclic amines) is 1. The zero-order valence-corrected chi connectivity index (χ0v) is 10.1. The van der Waals surface area contributed by atoms with E-state index in [-0.39, 0.29) is 25.5 Å². The van der Waals surface area contributed by atoms with E-state index in [2.05, 4.69) is 4.74 Å². The van der Waals surface area contributed by atoms with Crippen LogP contribution in [0.2, 0.25) is 0 Å². The molecule has 1 unspecified atom stereocenters. The van der Waals surface area contributed by atoms with Gasteiger partial charge in [-0.15, -0.1) is 0 Å². The largest absolute Gasteiger partial charge is 0.411 e. The Hall–Kier alpha value is -0.820. The number of halogens is 3. The Morgan fingerprint density at radius 1 is 1.44 bits per heavy atom. The molecular weight excluding hydrogens is 251 g/mol. The number of aliphatic hydroxyl groups excluding tert-OH is 1. The third-order valence-electron chi connectivity index (χ3n) is 2.90. The molecule has 0 radical (unpaired) electrons. The standard InChI is InChI=1S/C11H18F3NO3/c12-11(13,14)8-18-6-3-10(17)15-4-1-9(7-15)2-5-16/h9,16H,1-8H2. The number of alkyl halides is 3. The topological polar surface area (TPSA) is 49.8 Å². The summed E-state index contributed by atoms with van der Waals surface area (Å²) in [6.45, 7) is -0.226. The first kappa shape index (κ1) is 15.2. The summed E-state index contributed by atoms with van der Waals surface area (Å²) >= 11 is 0. The summed E-state index contributed by atoms with van der Waals surface area (Å²) in [5.41, 5.74) is 0. The highest BCUT2D eigenvalue weighted by molar-refractivity contribution is 5.76. The lowest BCUT2D eigenvalue weighted by atomic mass is 10.1. The second kappa shape index (κ2) is 6.94. The SMILES string of the molecule is O=C(CCOCC(F)(F)F)N1CCC(CCO)C1. The molecule has 0 aromatic carbocycles. The molecule has 18 heavy (non-hydrogen) atoms. The van der Waals surface area contributed by atoms with Crippen LogP contribution >= 0.6 is 0 Å². The highest BCUT2D eigenvalue weighted by atomic mass is 19.4. The second-order valence-corrected chi connectivity index (χ2v) is 4.42. The van der Waals surface area contributed by atoms with Crippen LogP contribution in [0.4, 0.5) is 13.2 Å². The number of ether oxygens (including phenoxy) is 1. The number of carbonyl (C=O) groups is 1. The van der Waals surface area contributed by atoms with Crippen molar-refractivity contribution in [2.24, 2.45) is 5.92 Å². The molecule has 0 aromatic heterocycles. The van der Waals surface area contributed by atoms with Gasteiger partial charge in [0, 0.05) is 19.7 Å². The average molecular weight is 269 g/mol. The average Bonchev–Trinajstić information content (AvgIpc) is 2.72. The smallest absolute Gasteiger partial charge is 0.396 e. The number of hydrogen-bond acceptors (Lipinski definition) is 3. The third kappa shape index (κ3) is 5.68. The molecule has 0 bridgehead atoms. The van der Waals surface area contributed by atoms with Crippen LogP contribution in [0, 0.1) is 5.92 Å². The maximum Gasteiger partial charge on any atom is 0.411 e. The lowest BCUT2D eigenvalue weighted by molar-refractivity contribution is -0.175. The van der Waals surface area contributed by atoms with Gasteiger partial charge in [0.15, 0.2) is 0 Å². The fourth-order valence-electron chi connectivity index (χ4n) is 1.98. The fraction of sp³-hybridized carbons (Fsp3) is 0.909. The second-order valence-electron chi connectivity index (χ2n) is 4.42. The molecule has 1 saturated heterocycles. The van der Waals surface area contributed by atoms with E-state index >= 15 is 0 Å². The molecule has 7 heteroatoms. The van der Waals surface area contributed by atoms with Gasteiger partial charge < -0.3 is 14.7 Å². The highest BCUT2D eigenvalue weighted by Crippen LogP contribution is 2.20. The van der Waals surface area contributed by atoms with Crippen LogP contribution in [-0.4, -0.2) is 55.0 Å². The first-order chi connectivity index (χ1) is 8.42. The van der Waals surface area contributed by atoms with E-state index in [0.717, 1.165) is 6.42 Å². The molecule has 106 valence electrons. The van der Waals surface area contributed by atoms with Gasteiger partial charge in [0.1, 0.15) is 6.61 Å². The Morgan fingerprint density at radius 3 is 2.78 bits per heavy atom. The molecule has 0 spiro atoms. The van der Waals surface area contributed by atoms with Crippen molar-refractivity contribution in [1.29, 1.82) is 0 Å². The molecule has 1 amide bonds. The summed E-state index contributed by atoms with van der Waals surface area (Å²) in [5, 5.41) is 8.77. The van der Waals surface area contributed by atoms with Gasteiger partial charge in [0.25, 0.3) is 0 Å². The van der Waals surface area contributed by atoms with E-state index in [4.69, 9.17) is 5.11 Å². The lowest BCUT2D eigenvalue weighted by Gasteiger charge is -2.16. The summed E-state index contributed by atoms with van der Waals surface area (Å²) < 4.78 is 39.7. The molecule has 1 rings (SSSR count). The maximum absolute atomic E-state index is 11.8. The number of nitrogens with zero attached hydrogens (tertiary/aromatic N) is 1. The van der Waals surface area contributed by atoms with Gasteiger partial charge in [-0.05, 0) is 18.8 Å². The Balaban J connectivity index is 2.14. The van der Waals surface area contributed by atoms with E-state index in [0.29, 0.717) is 25.4 Å². The normalized spacial score (nSPS) is 20.4. The Labute approximate surface area is 104 Å².